The molecule has 17 heavy (non-hydrogen) atoms. The lowest BCUT2D eigenvalue weighted by atomic mass is 10.1. The molecule has 1 rings (SSSR count). The molecule has 0 radical (unpaired) electrons. The molecule has 0 aromatic rings. The van der Waals surface area contributed by atoms with Crippen LogP contribution in [0.3, 0.4) is 0 Å². The Bertz CT molecular complexity index is 352. The van der Waals surface area contributed by atoms with Gasteiger partial charge in [-0.05, 0) is 0 Å². The Kier molecular flexibility index (Phi) is 6.39. The third-order valence-electron chi connectivity index (χ3n) is 2.79. The van der Waals surface area contributed by atoms with Crippen molar-refractivity contribution in [2.45, 2.75) is 6.92 Å². The largest absolute Gasteiger partial charge is 0.340 e. The molecule has 0 bridgehead atoms. The lowest BCUT2D eigenvalue weighted by Gasteiger charge is -2.34. The third-order valence-corrected chi connectivity index (χ3v) is 4.10. The van der Waals surface area contributed by atoms with Gasteiger partial charge in [-0.3, -0.25) is 4.79 Å². The van der Waals surface area contributed by atoms with Gasteiger partial charge in [0.1, 0.15) is 0 Å². The topological polar surface area (TPSA) is 83.7 Å². The molecule has 1 saturated heterocycles. The van der Waals surface area contributed by atoms with Crippen molar-refractivity contribution in [3.05, 3.63) is 0 Å². The predicted octanol–water partition coefficient (Wildman–Crippen LogP) is -0.893. The first kappa shape index (κ1) is 16.6. The highest BCUT2D eigenvalue weighted by Gasteiger charge is 2.27. The fourth-order valence-electron chi connectivity index (χ4n) is 1.65. The van der Waals surface area contributed by atoms with E-state index in [1.807, 2.05) is 0 Å². The average Bonchev–Trinajstić information content (AvgIpc) is 2.26. The number of rotatable bonds is 3. The van der Waals surface area contributed by atoms with Crippen molar-refractivity contribution in [3.8, 4) is 0 Å². The molecule has 1 fully saturated rings. The summed E-state index contributed by atoms with van der Waals surface area (Å²) in [5.41, 5.74) is 5.42. The first-order valence-electron chi connectivity index (χ1n) is 5.30. The van der Waals surface area contributed by atoms with Gasteiger partial charge in [0.2, 0.25) is 15.9 Å². The van der Waals surface area contributed by atoms with E-state index >= 15 is 0 Å². The minimum absolute atomic E-state index is 0. The second-order valence-corrected chi connectivity index (χ2v) is 6.11. The molecule has 8 heteroatoms. The maximum absolute atomic E-state index is 11.8. The Labute approximate surface area is 109 Å². The number of piperazine rings is 1. The summed E-state index contributed by atoms with van der Waals surface area (Å²) in [5.74, 6) is -0.180. The van der Waals surface area contributed by atoms with Gasteiger partial charge in [0.05, 0.1) is 6.26 Å². The van der Waals surface area contributed by atoms with Crippen molar-refractivity contribution >= 4 is 28.3 Å². The SMILES string of the molecule is CC(CN)C(=O)N1CCN(S(C)(=O)=O)CC1.Cl. The number of carbonyl (C=O) groups excluding carboxylic acids is 1. The van der Waals surface area contributed by atoms with Crippen LogP contribution in [0.2, 0.25) is 0 Å². The summed E-state index contributed by atoms with van der Waals surface area (Å²) in [6.07, 6.45) is 1.19. The quantitative estimate of drug-likeness (QED) is 0.729. The van der Waals surface area contributed by atoms with E-state index in [2.05, 4.69) is 0 Å². The van der Waals surface area contributed by atoms with E-state index in [0.717, 1.165) is 0 Å². The van der Waals surface area contributed by atoms with Crippen LogP contribution in [-0.2, 0) is 14.8 Å². The van der Waals surface area contributed by atoms with Gasteiger partial charge >= 0.3 is 0 Å². The Morgan fingerprint density at radius 2 is 1.76 bits per heavy atom. The summed E-state index contributed by atoms with van der Waals surface area (Å²) in [5, 5.41) is 0. The summed E-state index contributed by atoms with van der Waals surface area (Å²) in [7, 11) is -3.13. The molecule has 0 aromatic heterocycles. The van der Waals surface area contributed by atoms with Crippen molar-refractivity contribution in [2.24, 2.45) is 11.7 Å². The highest BCUT2D eigenvalue weighted by molar-refractivity contribution is 7.88. The molecule has 2 N–H and O–H groups in total. The van der Waals surface area contributed by atoms with Crippen LogP contribution >= 0.6 is 12.4 Å². The lowest BCUT2D eigenvalue weighted by molar-refractivity contribution is -0.135. The van der Waals surface area contributed by atoms with Crippen LogP contribution in [0.4, 0.5) is 0 Å². The molecule has 0 saturated carbocycles. The van der Waals surface area contributed by atoms with E-state index in [1.165, 1.54) is 10.6 Å². The number of nitrogens with two attached hydrogens (primary N) is 1. The molecular weight excluding hydrogens is 266 g/mol. The van der Waals surface area contributed by atoms with Crippen LogP contribution in [0, 0.1) is 5.92 Å². The number of halogens is 1. The number of carbonyl (C=O) groups is 1. The van der Waals surface area contributed by atoms with Crippen LogP contribution in [0.5, 0.6) is 0 Å². The van der Waals surface area contributed by atoms with Crippen LogP contribution < -0.4 is 5.73 Å². The summed E-state index contributed by atoms with van der Waals surface area (Å²) in [6.45, 7) is 3.77. The van der Waals surface area contributed by atoms with Crippen LogP contribution in [0.25, 0.3) is 0 Å². The van der Waals surface area contributed by atoms with Gasteiger partial charge in [-0.15, -0.1) is 12.4 Å². The van der Waals surface area contributed by atoms with Gasteiger partial charge in [-0.2, -0.15) is 4.31 Å². The number of nitrogens with zero attached hydrogens (tertiary/aromatic N) is 2. The van der Waals surface area contributed by atoms with E-state index in [4.69, 9.17) is 5.73 Å². The lowest BCUT2D eigenvalue weighted by Crippen LogP contribution is -2.52. The van der Waals surface area contributed by atoms with E-state index in [0.29, 0.717) is 32.7 Å². The van der Waals surface area contributed by atoms with E-state index < -0.39 is 10.0 Å². The van der Waals surface area contributed by atoms with Gasteiger partial charge in [-0.25, -0.2) is 8.42 Å². The summed E-state index contributed by atoms with van der Waals surface area (Å²) < 4.78 is 23.9. The molecule has 1 unspecified atom stereocenters. The zero-order valence-electron chi connectivity index (χ0n) is 10.1. The van der Waals surface area contributed by atoms with Gasteiger partial charge in [0.25, 0.3) is 0 Å². The maximum Gasteiger partial charge on any atom is 0.226 e. The molecule has 0 aromatic carbocycles. The Morgan fingerprint density at radius 1 is 1.29 bits per heavy atom. The minimum atomic E-state index is -3.13. The highest BCUT2D eigenvalue weighted by Crippen LogP contribution is 2.09. The average molecular weight is 286 g/mol. The molecule has 102 valence electrons. The monoisotopic (exact) mass is 285 g/mol. The fraction of sp³-hybridized carbons (Fsp3) is 0.889. The molecule has 0 aliphatic carbocycles. The van der Waals surface area contributed by atoms with Crippen molar-refractivity contribution < 1.29 is 13.2 Å². The van der Waals surface area contributed by atoms with E-state index in [9.17, 15) is 13.2 Å². The smallest absolute Gasteiger partial charge is 0.226 e. The number of amides is 1. The van der Waals surface area contributed by atoms with Crippen LogP contribution in [-0.4, -0.2) is 62.5 Å². The molecule has 1 aliphatic rings. The molecule has 1 amide bonds. The highest BCUT2D eigenvalue weighted by atomic mass is 35.5. The van der Waals surface area contributed by atoms with Gasteiger partial charge < -0.3 is 10.6 Å². The predicted molar refractivity (Wildman–Crippen MR) is 68.5 cm³/mol. The van der Waals surface area contributed by atoms with Gasteiger partial charge in [-0.1, -0.05) is 6.92 Å². The summed E-state index contributed by atoms with van der Waals surface area (Å²) in [4.78, 5) is 13.4. The zero-order chi connectivity index (χ0) is 12.3. The normalized spacial score (nSPS) is 19.6. The fourth-order valence-corrected chi connectivity index (χ4v) is 2.48. The number of sulfonamides is 1. The van der Waals surface area contributed by atoms with Crippen LogP contribution in [0.15, 0.2) is 0 Å². The summed E-state index contributed by atoms with van der Waals surface area (Å²) in [6, 6.07) is 0. The van der Waals surface area contributed by atoms with Crippen LogP contribution in [0.1, 0.15) is 6.92 Å². The second kappa shape index (κ2) is 6.53. The van der Waals surface area contributed by atoms with Gasteiger partial charge in [0.15, 0.2) is 0 Å². The molecule has 1 aliphatic heterocycles. The molecule has 1 heterocycles. The standard InChI is InChI=1S/C9H19N3O3S.ClH/c1-8(7-10)9(13)11-3-5-12(6-4-11)16(2,14)15;/h8H,3-7,10H2,1-2H3;1H. The molecular formula is C9H20ClN3O3S. The van der Waals surface area contributed by atoms with Crippen molar-refractivity contribution in [1.29, 1.82) is 0 Å². The molecule has 0 spiro atoms. The van der Waals surface area contributed by atoms with Crippen molar-refractivity contribution in [1.82, 2.24) is 9.21 Å². The first-order chi connectivity index (χ1) is 7.36. The molecule has 6 nitrogen and oxygen atoms in total. The Hall–Kier alpha value is -0.370. The third kappa shape index (κ3) is 4.42. The second-order valence-electron chi connectivity index (χ2n) is 4.12. The number of hydrogen-bond donors (Lipinski definition) is 1. The minimum Gasteiger partial charge on any atom is -0.340 e. The molecule has 1 atom stereocenters. The first-order valence-corrected chi connectivity index (χ1v) is 7.15. The maximum atomic E-state index is 11.8. The van der Waals surface area contributed by atoms with E-state index in [-0.39, 0.29) is 24.2 Å². The Balaban J connectivity index is 0.00000256. The zero-order valence-corrected chi connectivity index (χ0v) is 11.8. The van der Waals surface area contributed by atoms with Crippen molar-refractivity contribution in [3.63, 3.8) is 0 Å². The van der Waals surface area contributed by atoms with Gasteiger partial charge in [0, 0.05) is 38.6 Å². The summed E-state index contributed by atoms with van der Waals surface area (Å²) >= 11 is 0. The number of hydrogen-bond acceptors (Lipinski definition) is 4. The van der Waals surface area contributed by atoms with E-state index in [1.54, 1.807) is 11.8 Å². The Morgan fingerprint density at radius 3 is 2.12 bits per heavy atom. The van der Waals surface area contributed by atoms with Crippen molar-refractivity contribution in [2.75, 3.05) is 39.0 Å².